The van der Waals surface area contributed by atoms with E-state index in [1.54, 1.807) is 0 Å². The van der Waals surface area contributed by atoms with Crippen LogP contribution in [0.2, 0.25) is 0 Å². The maximum Gasteiger partial charge on any atom is 0.404 e. The zero-order valence-corrected chi connectivity index (χ0v) is 9.41. The first kappa shape index (κ1) is 14.8. The van der Waals surface area contributed by atoms with Crippen molar-refractivity contribution in [2.45, 2.75) is 19.3 Å². The number of terminal acetylenes is 1. The van der Waals surface area contributed by atoms with E-state index in [1.807, 2.05) is 0 Å². The molecule has 0 aliphatic rings. The topological polar surface area (TPSA) is 67.8 Å². The van der Waals surface area contributed by atoms with Gasteiger partial charge in [0.05, 0.1) is 19.8 Å². The molecule has 0 aliphatic heterocycles. The second-order valence-electron chi connectivity index (χ2n) is 3.12. The molecule has 0 saturated heterocycles. The lowest BCUT2D eigenvalue weighted by Gasteiger charge is -2.05. The third-order valence-electron chi connectivity index (χ3n) is 1.75. The van der Waals surface area contributed by atoms with Gasteiger partial charge in [0.2, 0.25) is 0 Å². The van der Waals surface area contributed by atoms with Gasteiger partial charge in [0, 0.05) is 19.6 Å². The van der Waals surface area contributed by atoms with Gasteiger partial charge in [-0.25, -0.2) is 4.79 Å². The van der Waals surface area contributed by atoms with E-state index in [0.717, 1.165) is 19.3 Å². The Kier molecular flexibility index (Phi) is 10.9. The van der Waals surface area contributed by atoms with Crippen LogP contribution in [0.5, 0.6) is 0 Å². The van der Waals surface area contributed by atoms with Crippen molar-refractivity contribution in [2.75, 3.05) is 33.0 Å². The Hall–Kier alpha value is -1.25. The highest BCUT2D eigenvalue weighted by Gasteiger charge is 1.93. The summed E-state index contributed by atoms with van der Waals surface area (Å²) >= 11 is 0. The fourth-order valence-electron chi connectivity index (χ4n) is 0.983. The molecule has 16 heavy (non-hydrogen) atoms. The molecule has 0 aliphatic carbocycles. The van der Waals surface area contributed by atoms with Crippen LogP contribution in [0.3, 0.4) is 0 Å². The monoisotopic (exact) mass is 229 g/mol. The lowest BCUT2D eigenvalue weighted by molar-refractivity contribution is 0.0476. The molecular formula is C11H19NO4. The van der Waals surface area contributed by atoms with E-state index in [2.05, 4.69) is 11.2 Å². The highest BCUT2D eigenvalue weighted by molar-refractivity contribution is 5.64. The van der Waals surface area contributed by atoms with Crippen LogP contribution in [0, 0.1) is 12.3 Å². The van der Waals surface area contributed by atoms with Crippen molar-refractivity contribution in [2.24, 2.45) is 0 Å². The second-order valence-corrected chi connectivity index (χ2v) is 3.12. The third kappa shape index (κ3) is 12.8. The molecule has 0 spiro atoms. The van der Waals surface area contributed by atoms with E-state index < -0.39 is 6.09 Å². The van der Waals surface area contributed by atoms with Crippen molar-refractivity contribution in [1.29, 1.82) is 0 Å². The Morgan fingerprint density at radius 3 is 2.50 bits per heavy atom. The van der Waals surface area contributed by atoms with E-state index >= 15 is 0 Å². The molecule has 0 aromatic heterocycles. The number of rotatable bonds is 10. The zero-order valence-electron chi connectivity index (χ0n) is 9.41. The van der Waals surface area contributed by atoms with Gasteiger partial charge in [-0.2, -0.15) is 0 Å². The SMILES string of the molecule is C#CCCCCOCCOCCNC(=O)O. The van der Waals surface area contributed by atoms with Crippen LogP contribution in [0.1, 0.15) is 19.3 Å². The molecule has 0 atom stereocenters. The predicted molar refractivity (Wildman–Crippen MR) is 60.3 cm³/mol. The number of ether oxygens (including phenoxy) is 2. The van der Waals surface area contributed by atoms with Crippen LogP contribution >= 0.6 is 0 Å². The van der Waals surface area contributed by atoms with E-state index in [0.29, 0.717) is 33.0 Å². The van der Waals surface area contributed by atoms with Crippen molar-refractivity contribution < 1.29 is 19.4 Å². The number of hydrogen-bond acceptors (Lipinski definition) is 3. The highest BCUT2D eigenvalue weighted by atomic mass is 16.5. The highest BCUT2D eigenvalue weighted by Crippen LogP contribution is 1.93. The number of carbonyl (C=O) groups is 1. The van der Waals surface area contributed by atoms with Crippen LogP contribution in [-0.4, -0.2) is 44.2 Å². The summed E-state index contributed by atoms with van der Waals surface area (Å²) in [5.74, 6) is 2.57. The van der Waals surface area contributed by atoms with E-state index in [1.165, 1.54) is 0 Å². The van der Waals surface area contributed by atoms with Crippen LogP contribution in [0.15, 0.2) is 0 Å². The van der Waals surface area contributed by atoms with Crippen LogP contribution in [0.25, 0.3) is 0 Å². The standard InChI is InChI=1S/C11H19NO4/c1-2-3-4-5-7-15-9-10-16-8-6-12-11(13)14/h1,12H,3-10H2,(H,13,14). The summed E-state index contributed by atoms with van der Waals surface area (Å²) in [6.45, 7) is 2.38. The number of amides is 1. The smallest absolute Gasteiger partial charge is 0.404 e. The van der Waals surface area contributed by atoms with Gasteiger partial charge in [0.25, 0.3) is 0 Å². The van der Waals surface area contributed by atoms with Gasteiger partial charge in [0.1, 0.15) is 0 Å². The summed E-state index contributed by atoms with van der Waals surface area (Å²) in [6.07, 6.45) is 6.81. The average Bonchev–Trinajstić information content (AvgIpc) is 2.25. The van der Waals surface area contributed by atoms with Crippen molar-refractivity contribution in [3.8, 4) is 12.3 Å². The largest absolute Gasteiger partial charge is 0.465 e. The predicted octanol–water partition coefficient (Wildman–Crippen LogP) is 1.09. The Morgan fingerprint density at radius 2 is 1.88 bits per heavy atom. The molecular weight excluding hydrogens is 210 g/mol. The molecule has 5 heteroatoms. The van der Waals surface area contributed by atoms with Gasteiger partial charge in [-0.15, -0.1) is 12.3 Å². The third-order valence-corrected chi connectivity index (χ3v) is 1.75. The minimum absolute atomic E-state index is 0.303. The first-order chi connectivity index (χ1) is 7.77. The van der Waals surface area contributed by atoms with Gasteiger partial charge in [-0.05, 0) is 12.8 Å². The van der Waals surface area contributed by atoms with Crippen molar-refractivity contribution >= 4 is 6.09 Å². The van der Waals surface area contributed by atoms with Crippen LogP contribution < -0.4 is 5.32 Å². The molecule has 0 unspecified atom stereocenters. The molecule has 0 aromatic rings. The molecule has 0 aromatic carbocycles. The van der Waals surface area contributed by atoms with Gasteiger partial charge < -0.3 is 19.9 Å². The van der Waals surface area contributed by atoms with Crippen molar-refractivity contribution in [3.05, 3.63) is 0 Å². The minimum Gasteiger partial charge on any atom is -0.465 e. The first-order valence-corrected chi connectivity index (χ1v) is 5.33. The lowest BCUT2D eigenvalue weighted by Crippen LogP contribution is -2.25. The summed E-state index contributed by atoms with van der Waals surface area (Å²) in [5, 5.41) is 10.5. The average molecular weight is 229 g/mol. The van der Waals surface area contributed by atoms with E-state index in [-0.39, 0.29) is 0 Å². The van der Waals surface area contributed by atoms with Gasteiger partial charge >= 0.3 is 6.09 Å². The maximum absolute atomic E-state index is 10.1. The molecule has 0 fully saturated rings. The lowest BCUT2D eigenvalue weighted by atomic mass is 10.2. The Balaban J connectivity index is 2.94. The van der Waals surface area contributed by atoms with E-state index in [4.69, 9.17) is 21.0 Å². The molecule has 0 radical (unpaired) electrons. The molecule has 0 bridgehead atoms. The summed E-state index contributed by atoms with van der Waals surface area (Å²) in [4.78, 5) is 10.1. The minimum atomic E-state index is -1.03. The molecule has 2 N–H and O–H groups in total. The summed E-state index contributed by atoms with van der Waals surface area (Å²) in [6, 6.07) is 0. The van der Waals surface area contributed by atoms with Crippen LogP contribution in [0.4, 0.5) is 4.79 Å². The Morgan fingerprint density at radius 1 is 1.19 bits per heavy atom. The van der Waals surface area contributed by atoms with Gasteiger partial charge in [0.15, 0.2) is 0 Å². The normalized spacial score (nSPS) is 9.69. The van der Waals surface area contributed by atoms with Crippen LogP contribution in [-0.2, 0) is 9.47 Å². The molecule has 5 nitrogen and oxygen atoms in total. The molecule has 0 heterocycles. The number of nitrogens with one attached hydrogen (secondary N) is 1. The second kappa shape index (κ2) is 11.8. The Bertz CT molecular complexity index is 213. The quantitative estimate of drug-likeness (QED) is 0.434. The zero-order chi connectivity index (χ0) is 12.1. The fraction of sp³-hybridized carbons (Fsp3) is 0.727. The van der Waals surface area contributed by atoms with E-state index in [9.17, 15) is 4.79 Å². The number of hydrogen-bond donors (Lipinski definition) is 2. The molecule has 1 amide bonds. The van der Waals surface area contributed by atoms with Gasteiger partial charge in [-0.1, -0.05) is 0 Å². The number of carboxylic acid groups (broad SMARTS) is 1. The molecule has 0 rings (SSSR count). The molecule has 0 saturated carbocycles. The Labute approximate surface area is 96.1 Å². The number of unbranched alkanes of at least 4 members (excludes halogenated alkanes) is 2. The summed E-state index contributed by atoms with van der Waals surface area (Å²) in [5.41, 5.74) is 0. The van der Waals surface area contributed by atoms with Gasteiger partial charge in [-0.3, -0.25) is 0 Å². The first-order valence-electron chi connectivity index (χ1n) is 5.33. The van der Waals surface area contributed by atoms with Crippen molar-refractivity contribution in [1.82, 2.24) is 5.32 Å². The summed E-state index contributed by atoms with van der Waals surface area (Å²) in [7, 11) is 0. The van der Waals surface area contributed by atoms with Crippen molar-refractivity contribution in [3.63, 3.8) is 0 Å². The molecule has 92 valence electrons. The summed E-state index contributed by atoms with van der Waals surface area (Å²) < 4.78 is 10.4. The fourth-order valence-corrected chi connectivity index (χ4v) is 0.983. The maximum atomic E-state index is 10.1.